The molecule has 0 saturated carbocycles. The number of alkyl halides is 2. The van der Waals surface area contributed by atoms with Gasteiger partial charge in [0, 0.05) is 7.11 Å². The SMILES string of the molecule is COC1NC(=O)C(Br)(Br)C(=O)N1. The molecule has 1 heterocycles. The van der Waals surface area contributed by atoms with E-state index in [9.17, 15) is 9.59 Å². The predicted octanol–water partition coefficient (Wildman–Crippen LogP) is -0.352. The van der Waals surface area contributed by atoms with Crippen molar-refractivity contribution in [3.8, 4) is 0 Å². The van der Waals surface area contributed by atoms with E-state index < -0.39 is 21.4 Å². The number of carbonyl (C=O) groups is 2. The molecule has 7 heteroatoms. The van der Waals surface area contributed by atoms with E-state index in [-0.39, 0.29) is 0 Å². The molecule has 2 amide bonds. The maximum atomic E-state index is 11.1. The topological polar surface area (TPSA) is 67.4 Å². The summed E-state index contributed by atoms with van der Waals surface area (Å²) in [6.07, 6.45) is -0.756. The summed E-state index contributed by atoms with van der Waals surface area (Å²) in [6, 6.07) is 0. The number of nitrogens with one attached hydrogen (secondary N) is 2. The van der Waals surface area contributed by atoms with Crippen molar-refractivity contribution in [2.75, 3.05) is 7.11 Å². The molecule has 1 aliphatic heterocycles. The molecule has 0 unspecified atom stereocenters. The van der Waals surface area contributed by atoms with E-state index in [1.54, 1.807) is 0 Å². The molecule has 68 valence electrons. The molecular formula is C5H6Br2N2O3. The van der Waals surface area contributed by atoms with Gasteiger partial charge in [-0.05, 0) is 0 Å². The predicted molar refractivity (Wildman–Crippen MR) is 47.7 cm³/mol. The summed E-state index contributed by atoms with van der Waals surface area (Å²) in [4.78, 5) is 22.3. The van der Waals surface area contributed by atoms with Crippen LogP contribution in [0.2, 0.25) is 0 Å². The molecule has 1 fully saturated rings. The zero-order valence-electron chi connectivity index (χ0n) is 6.06. The minimum absolute atomic E-state index is 0.488. The summed E-state index contributed by atoms with van der Waals surface area (Å²) >= 11 is 5.83. The molecule has 2 N–H and O–H groups in total. The first-order valence-corrected chi connectivity index (χ1v) is 4.59. The van der Waals surface area contributed by atoms with Crippen LogP contribution in [0.5, 0.6) is 0 Å². The quantitative estimate of drug-likeness (QED) is 0.514. The van der Waals surface area contributed by atoms with Gasteiger partial charge in [-0.15, -0.1) is 0 Å². The minimum Gasteiger partial charge on any atom is -0.344 e. The third-order valence-corrected chi connectivity index (χ3v) is 2.77. The second kappa shape index (κ2) is 3.31. The Hall–Kier alpha value is -0.140. The number of rotatable bonds is 1. The highest BCUT2D eigenvalue weighted by molar-refractivity contribution is 9.26. The lowest BCUT2D eigenvalue weighted by molar-refractivity contribution is -0.140. The molecule has 0 bridgehead atoms. The minimum atomic E-state index is -1.38. The lowest BCUT2D eigenvalue weighted by atomic mass is 10.3. The lowest BCUT2D eigenvalue weighted by Crippen LogP contribution is -2.64. The second-order valence-electron chi connectivity index (χ2n) is 2.14. The summed E-state index contributed by atoms with van der Waals surface area (Å²) in [7, 11) is 1.38. The standard InChI is InChI=1S/C5H6Br2N2O3/c1-12-4-8-2(10)5(6,7)3(11)9-4/h4H,1H3,(H,8,10)(H,9,11). The molecule has 0 spiro atoms. The van der Waals surface area contributed by atoms with Crippen LogP contribution in [0.1, 0.15) is 0 Å². The molecule has 0 radical (unpaired) electrons. The molecule has 0 atom stereocenters. The van der Waals surface area contributed by atoms with Gasteiger partial charge in [0.05, 0.1) is 0 Å². The molecule has 0 aromatic heterocycles. The highest BCUT2D eigenvalue weighted by atomic mass is 79.9. The fourth-order valence-electron chi connectivity index (χ4n) is 0.676. The van der Waals surface area contributed by atoms with Crippen molar-refractivity contribution in [1.29, 1.82) is 0 Å². The molecule has 1 saturated heterocycles. The molecule has 1 aliphatic rings. The average molecular weight is 302 g/mol. The van der Waals surface area contributed by atoms with Gasteiger partial charge in [-0.1, -0.05) is 31.9 Å². The first-order chi connectivity index (χ1) is 5.48. The lowest BCUT2D eigenvalue weighted by Gasteiger charge is -2.30. The van der Waals surface area contributed by atoms with Gasteiger partial charge in [-0.2, -0.15) is 0 Å². The van der Waals surface area contributed by atoms with E-state index >= 15 is 0 Å². The van der Waals surface area contributed by atoms with Crippen molar-refractivity contribution < 1.29 is 14.3 Å². The molecule has 0 aromatic carbocycles. The van der Waals surface area contributed by atoms with Crippen LogP contribution >= 0.6 is 31.9 Å². The molecule has 5 nitrogen and oxygen atoms in total. The summed E-state index contributed by atoms with van der Waals surface area (Å²) in [5.74, 6) is -0.976. The molecule has 12 heavy (non-hydrogen) atoms. The fraction of sp³-hybridized carbons (Fsp3) is 0.600. The summed E-state index contributed by atoms with van der Waals surface area (Å²) in [5.41, 5.74) is 0. The van der Waals surface area contributed by atoms with Crippen LogP contribution in [0.25, 0.3) is 0 Å². The van der Waals surface area contributed by atoms with Crippen LogP contribution < -0.4 is 10.6 Å². The van der Waals surface area contributed by atoms with Gasteiger partial charge in [0.25, 0.3) is 11.8 Å². The van der Waals surface area contributed by atoms with Crippen molar-refractivity contribution in [1.82, 2.24) is 10.6 Å². The maximum absolute atomic E-state index is 11.1. The number of hydrogen-bond acceptors (Lipinski definition) is 3. The van der Waals surface area contributed by atoms with Crippen LogP contribution in [0.4, 0.5) is 0 Å². The molecule has 0 aliphatic carbocycles. The summed E-state index contributed by atoms with van der Waals surface area (Å²) in [6.45, 7) is 0. The third kappa shape index (κ3) is 1.62. The van der Waals surface area contributed by atoms with Crippen LogP contribution in [-0.4, -0.2) is 28.5 Å². The van der Waals surface area contributed by atoms with Gasteiger partial charge >= 0.3 is 0 Å². The van der Waals surface area contributed by atoms with Crippen LogP contribution in [0.15, 0.2) is 0 Å². The van der Waals surface area contributed by atoms with Gasteiger partial charge < -0.3 is 15.4 Å². The van der Waals surface area contributed by atoms with Gasteiger partial charge in [-0.3, -0.25) is 9.59 Å². The number of amides is 2. The Morgan fingerprint density at radius 3 is 2.08 bits per heavy atom. The normalized spacial score (nSPS) is 23.2. The van der Waals surface area contributed by atoms with Crippen molar-refractivity contribution >= 4 is 43.7 Å². The Balaban J connectivity index is 2.78. The molecular weight excluding hydrogens is 296 g/mol. The maximum Gasteiger partial charge on any atom is 0.260 e. The van der Waals surface area contributed by atoms with Crippen molar-refractivity contribution in [3.63, 3.8) is 0 Å². The smallest absolute Gasteiger partial charge is 0.260 e. The number of halogens is 2. The molecule has 1 rings (SSSR count). The summed E-state index contributed by atoms with van der Waals surface area (Å²) in [5, 5.41) is 4.80. The highest BCUT2D eigenvalue weighted by Gasteiger charge is 2.46. The second-order valence-corrected chi connectivity index (χ2v) is 5.58. The van der Waals surface area contributed by atoms with E-state index in [2.05, 4.69) is 42.5 Å². The Morgan fingerprint density at radius 2 is 1.75 bits per heavy atom. The van der Waals surface area contributed by atoms with Crippen LogP contribution in [0.3, 0.4) is 0 Å². The first-order valence-electron chi connectivity index (χ1n) is 3.01. The highest BCUT2D eigenvalue weighted by Crippen LogP contribution is 2.28. The van der Waals surface area contributed by atoms with Crippen molar-refractivity contribution in [3.05, 3.63) is 0 Å². The largest absolute Gasteiger partial charge is 0.344 e. The Morgan fingerprint density at radius 1 is 1.33 bits per heavy atom. The number of ether oxygens (including phenoxy) is 1. The van der Waals surface area contributed by atoms with Gasteiger partial charge in [0.2, 0.25) is 9.59 Å². The van der Waals surface area contributed by atoms with E-state index in [0.29, 0.717) is 0 Å². The van der Waals surface area contributed by atoms with Crippen molar-refractivity contribution in [2.45, 2.75) is 9.59 Å². The first kappa shape index (κ1) is 9.94. The fourth-order valence-corrected chi connectivity index (χ4v) is 1.13. The molecule has 0 aromatic rings. The van der Waals surface area contributed by atoms with E-state index in [1.807, 2.05) is 0 Å². The third-order valence-electron chi connectivity index (χ3n) is 1.33. The monoisotopic (exact) mass is 300 g/mol. The Bertz CT molecular complexity index is 211. The van der Waals surface area contributed by atoms with Crippen LogP contribution in [-0.2, 0) is 14.3 Å². The zero-order valence-corrected chi connectivity index (χ0v) is 9.23. The van der Waals surface area contributed by atoms with E-state index in [1.165, 1.54) is 7.11 Å². The number of carbonyl (C=O) groups excluding carboxylic acids is 2. The van der Waals surface area contributed by atoms with E-state index in [0.717, 1.165) is 0 Å². The number of hydrogen-bond donors (Lipinski definition) is 2. The van der Waals surface area contributed by atoms with Crippen molar-refractivity contribution in [2.24, 2.45) is 0 Å². The van der Waals surface area contributed by atoms with Gasteiger partial charge in [0.1, 0.15) is 0 Å². The Labute approximate surface area is 85.5 Å². The van der Waals surface area contributed by atoms with Crippen LogP contribution in [0, 0.1) is 0 Å². The number of methoxy groups -OCH3 is 1. The Kier molecular flexibility index (Phi) is 2.74. The van der Waals surface area contributed by atoms with Gasteiger partial charge in [0.15, 0.2) is 0 Å². The van der Waals surface area contributed by atoms with E-state index in [4.69, 9.17) is 4.74 Å². The van der Waals surface area contributed by atoms with Gasteiger partial charge in [-0.25, -0.2) is 0 Å². The summed E-state index contributed by atoms with van der Waals surface area (Å²) < 4.78 is 3.34. The average Bonchev–Trinajstić information content (AvgIpc) is 2.00. The zero-order chi connectivity index (χ0) is 9.35.